The van der Waals surface area contributed by atoms with Gasteiger partial charge in [0.1, 0.15) is 11.6 Å². The summed E-state index contributed by atoms with van der Waals surface area (Å²) in [7, 11) is 1.82. The molecule has 0 radical (unpaired) electrons. The summed E-state index contributed by atoms with van der Waals surface area (Å²) in [6, 6.07) is 2.59. The third kappa shape index (κ3) is 4.46. The SMILES string of the molecule is CC(Nc1nc(Nc2cn(C)cn2)c(F)c(N2CCOCC2)n1)c1ccc(F)cn1. The van der Waals surface area contributed by atoms with Crippen molar-refractivity contribution in [2.75, 3.05) is 41.8 Å². The van der Waals surface area contributed by atoms with E-state index in [0.29, 0.717) is 37.8 Å². The number of halogens is 2. The molecule has 1 atom stereocenters. The van der Waals surface area contributed by atoms with Crippen LogP contribution in [0.25, 0.3) is 0 Å². The molecule has 11 heteroatoms. The van der Waals surface area contributed by atoms with Crippen LogP contribution < -0.4 is 15.5 Å². The van der Waals surface area contributed by atoms with E-state index in [0.717, 1.165) is 6.20 Å². The summed E-state index contributed by atoms with van der Waals surface area (Å²) >= 11 is 0. The molecule has 0 aliphatic carbocycles. The van der Waals surface area contributed by atoms with Gasteiger partial charge in [-0.1, -0.05) is 0 Å². The van der Waals surface area contributed by atoms with E-state index in [9.17, 15) is 4.39 Å². The number of aryl methyl sites for hydroxylation is 1. The first-order chi connectivity index (χ1) is 14.5. The zero-order valence-electron chi connectivity index (χ0n) is 16.6. The molecule has 158 valence electrons. The first kappa shape index (κ1) is 20.0. The molecule has 0 amide bonds. The van der Waals surface area contributed by atoms with Gasteiger partial charge >= 0.3 is 0 Å². The molecular formula is C19H22F2N8O. The number of pyridine rings is 1. The number of ether oxygens (including phenoxy) is 1. The van der Waals surface area contributed by atoms with E-state index < -0.39 is 11.6 Å². The molecule has 9 nitrogen and oxygen atoms in total. The third-order valence-electron chi connectivity index (χ3n) is 4.64. The average molecular weight is 416 g/mol. The second kappa shape index (κ2) is 8.57. The summed E-state index contributed by atoms with van der Waals surface area (Å²) in [5.41, 5.74) is 0.608. The van der Waals surface area contributed by atoms with Crippen LogP contribution in [-0.4, -0.2) is 50.8 Å². The minimum atomic E-state index is -0.569. The van der Waals surface area contributed by atoms with Crippen molar-refractivity contribution in [1.29, 1.82) is 0 Å². The van der Waals surface area contributed by atoms with Crippen molar-refractivity contribution in [2.24, 2.45) is 7.05 Å². The number of hydrogen-bond donors (Lipinski definition) is 2. The number of anilines is 4. The number of hydrogen-bond acceptors (Lipinski definition) is 8. The summed E-state index contributed by atoms with van der Waals surface area (Å²) in [6.07, 6.45) is 4.46. The molecule has 3 aromatic heterocycles. The van der Waals surface area contributed by atoms with Crippen LogP contribution in [0.2, 0.25) is 0 Å². The maximum Gasteiger partial charge on any atom is 0.227 e. The van der Waals surface area contributed by atoms with Gasteiger partial charge in [0.15, 0.2) is 11.6 Å². The van der Waals surface area contributed by atoms with Crippen LogP contribution >= 0.6 is 0 Å². The monoisotopic (exact) mass is 416 g/mol. The van der Waals surface area contributed by atoms with Crippen molar-refractivity contribution < 1.29 is 13.5 Å². The number of morpholine rings is 1. The van der Waals surface area contributed by atoms with Gasteiger partial charge in [0.05, 0.1) is 37.5 Å². The van der Waals surface area contributed by atoms with Gasteiger partial charge in [-0.15, -0.1) is 0 Å². The zero-order chi connectivity index (χ0) is 21.1. The summed E-state index contributed by atoms with van der Waals surface area (Å²) in [6.45, 7) is 3.86. The number of rotatable bonds is 6. The van der Waals surface area contributed by atoms with E-state index >= 15 is 4.39 Å². The van der Waals surface area contributed by atoms with Gasteiger partial charge in [-0.3, -0.25) is 4.98 Å². The Morgan fingerprint density at radius 2 is 1.93 bits per heavy atom. The van der Waals surface area contributed by atoms with Crippen LogP contribution in [0.5, 0.6) is 0 Å². The second-order valence-electron chi connectivity index (χ2n) is 6.95. The Bertz CT molecular complexity index is 1000. The van der Waals surface area contributed by atoms with E-state index in [4.69, 9.17) is 4.74 Å². The van der Waals surface area contributed by atoms with E-state index in [1.165, 1.54) is 6.07 Å². The molecule has 30 heavy (non-hydrogen) atoms. The van der Waals surface area contributed by atoms with Crippen LogP contribution in [0.4, 0.5) is 32.2 Å². The van der Waals surface area contributed by atoms with Crippen molar-refractivity contribution in [3.8, 4) is 0 Å². The highest BCUT2D eigenvalue weighted by atomic mass is 19.1. The lowest BCUT2D eigenvalue weighted by atomic mass is 10.2. The number of aromatic nitrogens is 5. The van der Waals surface area contributed by atoms with Crippen molar-refractivity contribution in [3.63, 3.8) is 0 Å². The van der Waals surface area contributed by atoms with Gasteiger partial charge < -0.3 is 24.8 Å². The molecule has 1 unspecified atom stereocenters. The first-order valence-corrected chi connectivity index (χ1v) is 9.53. The fourth-order valence-electron chi connectivity index (χ4n) is 3.08. The maximum absolute atomic E-state index is 15.2. The summed E-state index contributed by atoms with van der Waals surface area (Å²) in [5.74, 6) is -0.126. The quantitative estimate of drug-likeness (QED) is 0.634. The summed E-state index contributed by atoms with van der Waals surface area (Å²) in [5, 5.41) is 6.03. The Kier molecular flexibility index (Phi) is 5.70. The Morgan fingerprint density at radius 1 is 1.13 bits per heavy atom. The maximum atomic E-state index is 15.2. The molecule has 0 spiro atoms. The second-order valence-corrected chi connectivity index (χ2v) is 6.95. The first-order valence-electron chi connectivity index (χ1n) is 9.53. The summed E-state index contributed by atoms with van der Waals surface area (Å²) < 4.78 is 35.5. The summed E-state index contributed by atoms with van der Waals surface area (Å²) in [4.78, 5) is 18.7. The Balaban J connectivity index is 1.65. The Hall–Kier alpha value is -3.34. The van der Waals surface area contributed by atoms with Gasteiger partial charge in [-0.25, -0.2) is 9.37 Å². The van der Waals surface area contributed by atoms with Gasteiger partial charge in [-0.05, 0) is 19.1 Å². The fraction of sp³-hybridized carbons (Fsp3) is 0.368. The van der Waals surface area contributed by atoms with Gasteiger partial charge in [0, 0.05) is 26.3 Å². The lowest BCUT2D eigenvalue weighted by Gasteiger charge is -2.29. The van der Waals surface area contributed by atoms with Crippen molar-refractivity contribution in [3.05, 3.63) is 48.2 Å². The van der Waals surface area contributed by atoms with E-state index in [-0.39, 0.29) is 23.6 Å². The van der Waals surface area contributed by atoms with Crippen LogP contribution in [-0.2, 0) is 11.8 Å². The molecule has 1 saturated heterocycles. The van der Waals surface area contributed by atoms with Crippen molar-refractivity contribution in [1.82, 2.24) is 24.5 Å². The normalized spacial score (nSPS) is 15.1. The average Bonchev–Trinajstić information content (AvgIpc) is 3.16. The smallest absolute Gasteiger partial charge is 0.227 e. The minimum absolute atomic E-state index is 0.00644. The standard InChI is InChI=1S/C19H22F2N8O/c1-12(14-4-3-13(20)9-22-14)24-19-26-17(25-15-10-28(2)11-23-15)16(21)18(27-19)29-5-7-30-8-6-29/h3-4,9-12H,5-8H2,1-2H3,(H2,24,25,26,27). The van der Waals surface area contributed by atoms with Crippen LogP contribution in [0.15, 0.2) is 30.9 Å². The van der Waals surface area contributed by atoms with Crippen LogP contribution in [0.3, 0.4) is 0 Å². The van der Waals surface area contributed by atoms with Gasteiger partial charge in [0.2, 0.25) is 11.8 Å². The number of nitrogens with zero attached hydrogens (tertiary/aromatic N) is 6. The largest absolute Gasteiger partial charge is 0.378 e. The Labute approximate surface area is 172 Å². The number of imidazole rings is 1. The molecule has 1 fully saturated rings. The predicted octanol–water partition coefficient (Wildman–Crippen LogP) is 2.64. The van der Waals surface area contributed by atoms with Crippen LogP contribution in [0.1, 0.15) is 18.7 Å². The molecule has 2 N–H and O–H groups in total. The fourth-order valence-corrected chi connectivity index (χ4v) is 3.08. The van der Waals surface area contributed by atoms with Gasteiger partial charge in [0.25, 0.3) is 0 Å². The molecule has 3 aromatic rings. The predicted molar refractivity (Wildman–Crippen MR) is 108 cm³/mol. The molecule has 4 rings (SSSR count). The Morgan fingerprint density at radius 3 is 2.60 bits per heavy atom. The third-order valence-corrected chi connectivity index (χ3v) is 4.64. The van der Waals surface area contributed by atoms with E-state index in [1.807, 2.05) is 18.9 Å². The molecule has 1 aliphatic rings. The van der Waals surface area contributed by atoms with Crippen molar-refractivity contribution in [2.45, 2.75) is 13.0 Å². The highest BCUT2D eigenvalue weighted by molar-refractivity contribution is 5.61. The van der Waals surface area contributed by atoms with Gasteiger partial charge in [-0.2, -0.15) is 14.4 Å². The van der Waals surface area contributed by atoms with E-state index in [1.54, 1.807) is 23.2 Å². The van der Waals surface area contributed by atoms with E-state index in [2.05, 4.69) is 30.6 Å². The molecule has 4 heterocycles. The molecule has 0 aromatic carbocycles. The molecule has 0 saturated carbocycles. The topological polar surface area (TPSA) is 93.0 Å². The molecule has 1 aliphatic heterocycles. The zero-order valence-corrected chi connectivity index (χ0v) is 16.6. The minimum Gasteiger partial charge on any atom is -0.378 e. The highest BCUT2D eigenvalue weighted by Crippen LogP contribution is 2.28. The molecular weight excluding hydrogens is 394 g/mol. The van der Waals surface area contributed by atoms with Crippen LogP contribution in [0, 0.1) is 11.6 Å². The lowest BCUT2D eigenvalue weighted by molar-refractivity contribution is 0.122. The lowest BCUT2D eigenvalue weighted by Crippen LogP contribution is -2.37. The molecule has 0 bridgehead atoms. The van der Waals surface area contributed by atoms with Crippen molar-refractivity contribution >= 4 is 23.4 Å². The number of nitrogens with one attached hydrogen (secondary N) is 2. The highest BCUT2D eigenvalue weighted by Gasteiger charge is 2.23.